The Bertz CT molecular complexity index is 1780. The molecule has 12 heteroatoms. The van der Waals surface area contributed by atoms with Crippen LogP contribution in [0.5, 0.6) is 17.2 Å². The van der Waals surface area contributed by atoms with Crippen molar-refractivity contribution in [2.45, 2.75) is 42.7 Å². The standard InChI is InChI=1S/C34H33ClN2O8S/c1-43-28-10-5-24(6-11-28)20-36(21-25-7-12-29(44-2)13-8-25)46(41,42)30-14-16-33(32(19-30)37(39)40)45-23-34(22-38)17-3-4-26-18-27(35)9-15-31(26)34/h5-16,18-19,22H,3-4,17,20-21,23H2,1-2H3/t34-/m0/s1. The molecule has 0 unspecified atom stereocenters. The third-order valence-electron chi connectivity index (χ3n) is 8.18. The molecule has 0 saturated carbocycles. The third kappa shape index (κ3) is 7.01. The molecule has 0 N–H and O–H groups in total. The van der Waals surface area contributed by atoms with Gasteiger partial charge in [-0.15, -0.1) is 0 Å². The van der Waals surface area contributed by atoms with Crippen LogP contribution in [0, 0.1) is 10.1 Å². The summed E-state index contributed by atoms with van der Waals surface area (Å²) in [6, 6.07) is 22.8. The van der Waals surface area contributed by atoms with Crippen LogP contribution in [-0.4, -0.2) is 44.8 Å². The van der Waals surface area contributed by atoms with E-state index < -0.39 is 26.0 Å². The number of methoxy groups -OCH3 is 2. The van der Waals surface area contributed by atoms with Crippen LogP contribution < -0.4 is 14.2 Å². The van der Waals surface area contributed by atoms with Gasteiger partial charge in [-0.05, 0) is 90.0 Å². The summed E-state index contributed by atoms with van der Waals surface area (Å²) in [6.45, 7) is -0.162. The number of rotatable bonds is 13. The first-order chi connectivity index (χ1) is 22.1. The van der Waals surface area contributed by atoms with Gasteiger partial charge >= 0.3 is 5.69 Å². The zero-order valence-corrected chi connectivity index (χ0v) is 26.9. The zero-order valence-electron chi connectivity index (χ0n) is 25.3. The molecule has 5 rings (SSSR count). The van der Waals surface area contributed by atoms with Crippen molar-refractivity contribution in [1.29, 1.82) is 0 Å². The number of nitrogens with zero attached hydrogens (tertiary/aromatic N) is 2. The van der Waals surface area contributed by atoms with Crippen LogP contribution in [0.25, 0.3) is 0 Å². The number of fused-ring (bicyclic) bond motifs is 1. The number of nitro groups is 1. The largest absolute Gasteiger partial charge is 0.497 e. The van der Waals surface area contributed by atoms with Gasteiger partial charge in [0.15, 0.2) is 5.75 Å². The van der Waals surface area contributed by atoms with E-state index in [9.17, 15) is 23.3 Å². The van der Waals surface area contributed by atoms with E-state index in [1.54, 1.807) is 74.9 Å². The smallest absolute Gasteiger partial charge is 0.312 e. The molecule has 0 spiro atoms. The highest BCUT2D eigenvalue weighted by atomic mass is 35.5. The fourth-order valence-electron chi connectivity index (χ4n) is 5.66. The van der Waals surface area contributed by atoms with Gasteiger partial charge in [0.1, 0.15) is 24.4 Å². The van der Waals surface area contributed by atoms with Gasteiger partial charge in [0.05, 0.1) is 29.5 Å². The number of benzene rings is 4. The molecule has 0 radical (unpaired) electrons. The van der Waals surface area contributed by atoms with E-state index >= 15 is 0 Å². The fraction of sp³-hybridized carbons (Fsp3) is 0.265. The summed E-state index contributed by atoms with van der Waals surface area (Å²) >= 11 is 6.17. The molecule has 0 saturated heterocycles. The number of carbonyl (C=O) groups excluding carboxylic acids is 1. The van der Waals surface area contributed by atoms with Crippen LogP contribution in [0.15, 0.2) is 89.8 Å². The highest BCUT2D eigenvalue weighted by Gasteiger charge is 2.38. The summed E-state index contributed by atoms with van der Waals surface area (Å²) in [7, 11) is -1.18. The molecule has 4 aromatic carbocycles. The summed E-state index contributed by atoms with van der Waals surface area (Å²) in [5, 5.41) is 12.8. The third-order valence-corrected chi connectivity index (χ3v) is 10.2. The minimum absolute atomic E-state index is 0.00428. The van der Waals surface area contributed by atoms with Crippen LogP contribution in [0.2, 0.25) is 5.02 Å². The van der Waals surface area contributed by atoms with Gasteiger partial charge in [-0.1, -0.05) is 41.9 Å². The second-order valence-electron chi connectivity index (χ2n) is 11.1. The molecule has 1 aliphatic rings. The molecule has 1 atom stereocenters. The number of halogens is 1. The maximum atomic E-state index is 14.1. The minimum atomic E-state index is -4.26. The van der Waals surface area contributed by atoms with Gasteiger partial charge < -0.3 is 19.0 Å². The lowest BCUT2D eigenvalue weighted by molar-refractivity contribution is -0.386. The van der Waals surface area contributed by atoms with E-state index in [2.05, 4.69) is 0 Å². The first-order valence-corrected chi connectivity index (χ1v) is 16.3. The van der Waals surface area contributed by atoms with Crippen LogP contribution in [0.4, 0.5) is 5.69 Å². The Kier molecular flexibility index (Phi) is 9.95. The molecule has 240 valence electrons. The average molecular weight is 665 g/mol. The summed E-state index contributed by atoms with van der Waals surface area (Å²) in [5.74, 6) is 1.11. The van der Waals surface area contributed by atoms with E-state index in [0.29, 0.717) is 40.5 Å². The van der Waals surface area contributed by atoms with E-state index in [1.165, 1.54) is 16.4 Å². The maximum Gasteiger partial charge on any atom is 0.312 e. The molecule has 10 nitrogen and oxygen atoms in total. The van der Waals surface area contributed by atoms with Crippen LogP contribution in [0.3, 0.4) is 0 Å². The number of aldehydes is 1. The molecular formula is C34H33ClN2O8S. The lowest BCUT2D eigenvalue weighted by Crippen LogP contribution is -2.38. The number of hydrogen-bond donors (Lipinski definition) is 0. The van der Waals surface area contributed by atoms with Crippen LogP contribution in [-0.2, 0) is 39.7 Å². The Morgan fingerprint density at radius 3 is 2.07 bits per heavy atom. The molecule has 1 aliphatic carbocycles. The monoisotopic (exact) mass is 664 g/mol. The van der Waals surface area contributed by atoms with Crippen LogP contribution >= 0.6 is 11.6 Å². The number of ether oxygens (including phenoxy) is 3. The van der Waals surface area contributed by atoms with Gasteiger partial charge in [-0.25, -0.2) is 8.42 Å². The zero-order chi connectivity index (χ0) is 32.9. The Hall–Kier alpha value is -4.45. The van der Waals surface area contributed by atoms with Crippen molar-refractivity contribution >= 4 is 33.6 Å². The summed E-state index contributed by atoms with van der Waals surface area (Å²) in [5.41, 5.74) is 1.54. The Balaban J connectivity index is 1.46. The predicted molar refractivity (Wildman–Crippen MR) is 173 cm³/mol. The molecule has 0 heterocycles. The summed E-state index contributed by atoms with van der Waals surface area (Å²) < 4.78 is 45.8. The van der Waals surface area contributed by atoms with Gasteiger partial charge in [-0.3, -0.25) is 10.1 Å². The van der Waals surface area contributed by atoms with E-state index in [0.717, 1.165) is 29.9 Å². The Labute approximate surface area is 272 Å². The summed E-state index contributed by atoms with van der Waals surface area (Å²) in [6.07, 6.45) is 2.78. The second kappa shape index (κ2) is 13.9. The van der Waals surface area contributed by atoms with E-state index in [4.69, 9.17) is 25.8 Å². The van der Waals surface area contributed by atoms with Gasteiger partial charge in [-0.2, -0.15) is 4.31 Å². The molecule has 0 amide bonds. The minimum Gasteiger partial charge on any atom is -0.497 e. The van der Waals surface area contributed by atoms with Gasteiger partial charge in [0.25, 0.3) is 0 Å². The normalized spacial score (nSPS) is 16.0. The molecule has 0 bridgehead atoms. The topological polar surface area (TPSA) is 125 Å². The highest BCUT2D eigenvalue weighted by molar-refractivity contribution is 7.89. The maximum absolute atomic E-state index is 14.1. The first-order valence-electron chi connectivity index (χ1n) is 14.5. The molecular weight excluding hydrogens is 632 g/mol. The molecule has 0 fully saturated rings. The molecule has 0 aliphatic heterocycles. The first kappa shape index (κ1) is 32.9. The molecule has 46 heavy (non-hydrogen) atoms. The lowest BCUT2D eigenvalue weighted by Gasteiger charge is -2.34. The SMILES string of the molecule is COc1ccc(CN(Cc2ccc(OC)cc2)S(=O)(=O)c2ccc(OC[C@@]3(C=O)CCCc4cc(Cl)ccc43)c([N+](=O)[O-])c2)cc1. The van der Waals surface area contributed by atoms with Crippen molar-refractivity contribution in [3.63, 3.8) is 0 Å². The van der Waals surface area contributed by atoms with Crippen molar-refractivity contribution in [3.05, 3.63) is 122 Å². The molecule has 4 aromatic rings. The van der Waals surface area contributed by atoms with Crippen molar-refractivity contribution in [2.75, 3.05) is 20.8 Å². The molecule has 0 aromatic heterocycles. The highest BCUT2D eigenvalue weighted by Crippen LogP contribution is 2.39. The number of nitro benzene ring substituents is 1. The predicted octanol–water partition coefficient (Wildman–Crippen LogP) is 6.51. The second-order valence-corrected chi connectivity index (χ2v) is 13.4. The summed E-state index contributed by atoms with van der Waals surface area (Å²) in [4.78, 5) is 23.7. The number of sulfonamides is 1. The van der Waals surface area contributed by atoms with Crippen molar-refractivity contribution < 1.29 is 32.3 Å². The Morgan fingerprint density at radius 2 is 1.52 bits per heavy atom. The van der Waals surface area contributed by atoms with Gasteiger partial charge in [0, 0.05) is 24.2 Å². The fourth-order valence-corrected chi connectivity index (χ4v) is 7.29. The Morgan fingerprint density at radius 1 is 0.913 bits per heavy atom. The number of aryl methyl sites for hydroxylation is 1. The average Bonchev–Trinajstić information content (AvgIpc) is 3.07. The van der Waals surface area contributed by atoms with E-state index in [1.807, 2.05) is 6.07 Å². The van der Waals surface area contributed by atoms with Gasteiger partial charge in [0.2, 0.25) is 10.0 Å². The van der Waals surface area contributed by atoms with Crippen molar-refractivity contribution in [1.82, 2.24) is 4.31 Å². The number of carbonyl (C=O) groups is 1. The number of hydrogen-bond acceptors (Lipinski definition) is 8. The van der Waals surface area contributed by atoms with Crippen LogP contribution in [0.1, 0.15) is 35.1 Å². The van der Waals surface area contributed by atoms with Crippen molar-refractivity contribution in [3.8, 4) is 17.2 Å². The van der Waals surface area contributed by atoms with E-state index in [-0.39, 0.29) is 30.3 Å². The lowest BCUT2D eigenvalue weighted by atomic mass is 9.71. The quantitative estimate of drug-likeness (QED) is 0.0900. The van der Waals surface area contributed by atoms with Crippen molar-refractivity contribution in [2.24, 2.45) is 0 Å².